The highest BCUT2D eigenvalue weighted by Gasteiger charge is 2.21. The van der Waals surface area contributed by atoms with E-state index in [2.05, 4.69) is 9.58 Å². The largest absolute Gasteiger partial charge is 0.444 e. The van der Waals surface area contributed by atoms with E-state index in [0.29, 0.717) is 0 Å². The van der Waals surface area contributed by atoms with Gasteiger partial charge in [-0.2, -0.15) is 0 Å². The molecule has 1 unspecified atom stereocenters. The first kappa shape index (κ1) is 4.85. The van der Waals surface area contributed by atoms with Gasteiger partial charge < -0.3 is 4.74 Å². The van der Waals surface area contributed by atoms with E-state index in [0.717, 1.165) is 0 Å². The van der Waals surface area contributed by atoms with Crippen molar-refractivity contribution in [2.75, 3.05) is 0 Å². The number of hydrogen-bond acceptors (Lipinski definition) is 2. The molecule has 1 rings (SSSR count). The lowest BCUT2D eigenvalue weighted by Gasteiger charge is -1.88. The van der Waals surface area contributed by atoms with Crippen molar-refractivity contribution in [1.82, 2.24) is 0 Å². The fourth-order valence-corrected chi connectivity index (χ4v) is 0.446. The van der Waals surface area contributed by atoms with Crippen molar-refractivity contribution >= 4 is 5.90 Å². The normalized spacial score (nSPS) is 24.9. The zero-order valence-electron chi connectivity index (χ0n) is 4.09. The van der Waals surface area contributed by atoms with E-state index >= 15 is 0 Å². The molecule has 1 aliphatic rings. The molecule has 0 aromatic heterocycles. The minimum Gasteiger partial charge on any atom is -0.444 e. The SMILES string of the molecule is [C-]#[N+]C1C=COC1=N. The number of nitrogens with zero attached hydrogens (tertiary/aromatic N) is 1. The average Bonchev–Trinajstić information content (AvgIpc) is 2.14. The van der Waals surface area contributed by atoms with Gasteiger partial charge in [0.1, 0.15) is 0 Å². The first-order valence-corrected chi connectivity index (χ1v) is 2.13. The Morgan fingerprint density at radius 2 is 2.62 bits per heavy atom. The van der Waals surface area contributed by atoms with Gasteiger partial charge in [-0.1, -0.05) is 0 Å². The van der Waals surface area contributed by atoms with E-state index in [1.54, 1.807) is 6.08 Å². The summed E-state index contributed by atoms with van der Waals surface area (Å²) in [6, 6.07) is -0.463. The maximum atomic E-state index is 6.91. The third-order valence-electron chi connectivity index (χ3n) is 0.864. The number of ether oxygens (including phenoxy) is 1. The highest BCUT2D eigenvalue weighted by molar-refractivity contribution is 5.85. The van der Waals surface area contributed by atoms with Gasteiger partial charge in [0, 0.05) is 6.08 Å². The fourth-order valence-electron chi connectivity index (χ4n) is 0.446. The lowest BCUT2D eigenvalue weighted by molar-refractivity contribution is 0.476. The first-order chi connectivity index (χ1) is 3.84. The Balaban J connectivity index is 2.71. The molecule has 40 valence electrons. The van der Waals surface area contributed by atoms with Crippen LogP contribution in [-0.2, 0) is 4.74 Å². The standard InChI is InChI=1S/C5H4N2O/c1-7-4-2-3-8-5(4)6/h2-4,6H. The second-order valence-electron chi connectivity index (χ2n) is 1.38. The topological polar surface area (TPSA) is 37.4 Å². The molecule has 1 aliphatic heterocycles. The highest BCUT2D eigenvalue weighted by Crippen LogP contribution is 2.04. The quantitative estimate of drug-likeness (QED) is 0.458. The van der Waals surface area contributed by atoms with Crippen LogP contribution in [0.15, 0.2) is 12.3 Å². The van der Waals surface area contributed by atoms with Crippen molar-refractivity contribution in [3.8, 4) is 0 Å². The fraction of sp³-hybridized carbons (Fsp3) is 0.200. The average molecular weight is 108 g/mol. The van der Waals surface area contributed by atoms with E-state index in [-0.39, 0.29) is 5.90 Å². The highest BCUT2D eigenvalue weighted by atomic mass is 16.5. The third kappa shape index (κ3) is 0.562. The van der Waals surface area contributed by atoms with Crippen LogP contribution >= 0.6 is 0 Å². The van der Waals surface area contributed by atoms with Crippen molar-refractivity contribution in [3.63, 3.8) is 0 Å². The molecule has 0 aliphatic carbocycles. The molecule has 0 radical (unpaired) electrons. The molecule has 1 heterocycles. The molecule has 1 atom stereocenters. The van der Waals surface area contributed by atoms with Crippen molar-refractivity contribution in [2.45, 2.75) is 6.04 Å². The molecule has 0 bridgehead atoms. The van der Waals surface area contributed by atoms with Gasteiger partial charge in [-0.25, -0.2) is 6.57 Å². The van der Waals surface area contributed by atoms with E-state index in [9.17, 15) is 0 Å². The molecule has 0 aromatic carbocycles. The summed E-state index contributed by atoms with van der Waals surface area (Å²) in [6.07, 6.45) is 2.92. The molecule has 0 fully saturated rings. The van der Waals surface area contributed by atoms with Crippen LogP contribution in [0.2, 0.25) is 0 Å². The molecule has 0 aromatic rings. The van der Waals surface area contributed by atoms with Crippen LogP contribution in [0.1, 0.15) is 0 Å². The van der Waals surface area contributed by atoms with E-state index in [1.807, 2.05) is 0 Å². The maximum absolute atomic E-state index is 6.91. The van der Waals surface area contributed by atoms with Gasteiger partial charge in [-0.15, -0.1) is 0 Å². The number of nitrogens with one attached hydrogen (secondary N) is 1. The zero-order valence-corrected chi connectivity index (χ0v) is 4.09. The Morgan fingerprint density at radius 3 is 2.88 bits per heavy atom. The van der Waals surface area contributed by atoms with Crippen LogP contribution in [0, 0.1) is 12.0 Å². The molecular formula is C5H4N2O. The molecule has 0 spiro atoms. The number of hydrogen-bond donors (Lipinski definition) is 1. The lowest BCUT2D eigenvalue weighted by Crippen LogP contribution is -2.07. The summed E-state index contributed by atoms with van der Waals surface area (Å²) in [4.78, 5) is 3.08. The van der Waals surface area contributed by atoms with E-state index < -0.39 is 6.04 Å². The van der Waals surface area contributed by atoms with Gasteiger partial charge in [0.15, 0.2) is 0 Å². The van der Waals surface area contributed by atoms with Crippen molar-refractivity contribution in [3.05, 3.63) is 23.8 Å². The van der Waals surface area contributed by atoms with Gasteiger partial charge in [0.25, 0.3) is 5.90 Å². The molecule has 0 amide bonds. The van der Waals surface area contributed by atoms with Crippen LogP contribution in [0.25, 0.3) is 4.85 Å². The predicted molar refractivity (Wildman–Crippen MR) is 28.3 cm³/mol. The minimum absolute atomic E-state index is 0.0278. The third-order valence-corrected chi connectivity index (χ3v) is 0.864. The molecule has 0 saturated heterocycles. The van der Waals surface area contributed by atoms with Crippen LogP contribution in [0.5, 0.6) is 0 Å². The predicted octanol–water partition coefficient (Wildman–Crippen LogP) is 0.795. The number of rotatable bonds is 0. The van der Waals surface area contributed by atoms with Crippen molar-refractivity contribution in [2.24, 2.45) is 0 Å². The smallest absolute Gasteiger partial charge is 0.319 e. The summed E-state index contributed by atoms with van der Waals surface area (Å²) in [5.74, 6) is 0.0278. The van der Waals surface area contributed by atoms with Gasteiger partial charge in [-0.3, -0.25) is 10.3 Å². The first-order valence-electron chi connectivity index (χ1n) is 2.13. The summed E-state index contributed by atoms with van der Waals surface area (Å²) in [5.41, 5.74) is 0. The van der Waals surface area contributed by atoms with Gasteiger partial charge in [0.2, 0.25) is 0 Å². The van der Waals surface area contributed by atoms with Gasteiger partial charge in [0.05, 0.1) is 6.26 Å². The molecule has 3 nitrogen and oxygen atoms in total. The van der Waals surface area contributed by atoms with Crippen molar-refractivity contribution < 1.29 is 4.74 Å². The molecular weight excluding hydrogens is 104 g/mol. The van der Waals surface area contributed by atoms with Gasteiger partial charge >= 0.3 is 6.04 Å². The Hall–Kier alpha value is -1.30. The van der Waals surface area contributed by atoms with Crippen LogP contribution < -0.4 is 0 Å². The summed E-state index contributed by atoms with van der Waals surface area (Å²) >= 11 is 0. The van der Waals surface area contributed by atoms with Crippen LogP contribution in [0.4, 0.5) is 0 Å². The summed E-state index contributed by atoms with van der Waals surface area (Å²) in [7, 11) is 0. The Morgan fingerprint density at radius 1 is 1.88 bits per heavy atom. The molecule has 8 heavy (non-hydrogen) atoms. The second-order valence-corrected chi connectivity index (χ2v) is 1.38. The molecule has 1 N–H and O–H groups in total. The van der Waals surface area contributed by atoms with Crippen molar-refractivity contribution in [1.29, 1.82) is 5.41 Å². The monoisotopic (exact) mass is 108 g/mol. The summed E-state index contributed by atoms with van der Waals surface area (Å²) < 4.78 is 4.55. The minimum atomic E-state index is -0.463. The molecule has 3 heteroatoms. The maximum Gasteiger partial charge on any atom is 0.319 e. The Bertz CT molecular complexity index is 177. The van der Waals surface area contributed by atoms with E-state index in [4.69, 9.17) is 12.0 Å². The Kier molecular flexibility index (Phi) is 1.01. The lowest BCUT2D eigenvalue weighted by atomic mass is 10.3. The Labute approximate surface area is 46.9 Å². The van der Waals surface area contributed by atoms with Crippen LogP contribution in [-0.4, -0.2) is 11.9 Å². The molecule has 0 saturated carbocycles. The zero-order chi connectivity index (χ0) is 5.98. The second kappa shape index (κ2) is 1.66. The summed E-state index contributed by atoms with van der Waals surface area (Å²) in [5, 5.41) is 6.91. The van der Waals surface area contributed by atoms with Gasteiger partial charge in [-0.05, 0) is 0 Å². The van der Waals surface area contributed by atoms with Crippen LogP contribution in [0.3, 0.4) is 0 Å². The summed E-state index contributed by atoms with van der Waals surface area (Å²) in [6.45, 7) is 6.48. The van der Waals surface area contributed by atoms with E-state index in [1.165, 1.54) is 6.26 Å².